The third kappa shape index (κ3) is 4.23. The molecule has 1 aliphatic carbocycles. The van der Waals surface area contributed by atoms with Crippen molar-refractivity contribution in [2.45, 2.75) is 45.2 Å². The quantitative estimate of drug-likeness (QED) is 0.839. The Labute approximate surface area is 120 Å². The van der Waals surface area contributed by atoms with Gasteiger partial charge in [0.2, 0.25) is 0 Å². The highest BCUT2D eigenvalue weighted by Gasteiger charge is 2.25. The van der Waals surface area contributed by atoms with Crippen molar-refractivity contribution in [3.05, 3.63) is 29.8 Å². The Kier molecular flexibility index (Phi) is 5.41. The first-order chi connectivity index (χ1) is 9.69. The third-order valence-corrected chi connectivity index (χ3v) is 3.88. The van der Waals surface area contributed by atoms with Gasteiger partial charge in [-0.1, -0.05) is 12.1 Å². The van der Waals surface area contributed by atoms with E-state index in [9.17, 15) is 4.79 Å². The first-order valence-corrected chi connectivity index (χ1v) is 7.37. The molecule has 0 spiro atoms. The summed E-state index contributed by atoms with van der Waals surface area (Å²) < 4.78 is 5.49. The lowest BCUT2D eigenvalue weighted by Crippen LogP contribution is -2.34. The van der Waals surface area contributed by atoms with Crippen LogP contribution in [0.25, 0.3) is 0 Å². The standard InChI is InChI=1S/C16H23NO3/c1-2-20-15-5-3-4-12(10-15)11-17-14-8-6-13(7-9-14)16(18)19/h3-5,10,13-14,17H,2,6-9,11H2,1H3,(H,18,19). The molecule has 110 valence electrons. The summed E-state index contributed by atoms with van der Waals surface area (Å²) >= 11 is 0. The van der Waals surface area contributed by atoms with E-state index in [2.05, 4.69) is 17.4 Å². The molecule has 4 nitrogen and oxygen atoms in total. The minimum absolute atomic E-state index is 0.144. The molecule has 2 N–H and O–H groups in total. The number of carboxylic acids is 1. The highest BCUT2D eigenvalue weighted by atomic mass is 16.5. The topological polar surface area (TPSA) is 58.6 Å². The van der Waals surface area contributed by atoms with Crippen LogP contribution in [-0.4, -0.2) is 23.7 Å². The average Bonchev–Trinajstić information content (AvgIpc) is 2.46. The molecular formula is C16H23NO3. The van der Waals surface area contributed by atoms with Crippen LogP contribution >= 0.6 is 0 Å². The van der Waals surface area contributed by atoms with Crippen molar-refractivity contribution >= 4 is 5.97 Å². The molecule has 4 heteroatoms. The van der Waals surface area contributed by atoms with E-state index in [1.54, 1.807) is 0 Å². The molecule has 1 fully saturated rings. The lowest BCUT2D eigenvalue weighted by atomic mass is 9.86. The summed E-state index contributed by atoms with van der Waals surface area (Å²) in [7, 11) is 0. The Morgan fingerprint density at radius 3 is 2.75 bits per heavy atom. The van der Waals surface area contributed by atoms with Crippen LogP contribution < -0.4 is 10.1 Å². The number of hydrogen-bond donors (Lipinski definition) is 2. The van der Waals surface area contributed by atoms with Crippen LogP contribution in [0.1, 0.15) is 38.2 Å². The number of nitrogens with one attached hydrogen (secondary N) is 1. The second kappa shape index (κ2) is 7.29. The Balaban J connectivity index is 1.78. The van der Waals surface area contributed by atoms with E-state index in [4.69, 9.17) is 9.84 Å². The fourth-order valence-corrected chi connectivity index (χ4v) is 2.72. The highest BCUT2D eigenvalue weighted by Crippen LogP contribution is 2.24. The van der Waals surface area contributed by atoms with Gasteiger partial charge < -0.3 is 15.2 Å². The van der Waals surface area contributed by atoms with Crippen molar-refractivity contribution in [2.24, 2.45) is 5.92 Å². The van der Waals surface area contributed by atoms with Gasteiger partial charge in [-0.2, -0.15) is 0 Å². The minimum Gasteiger partial charge on any atom is -0.494 e. The van der Waals surface area contributed by atoms with E-state index < -0.39 is 5.97 Å². The van der Waals surface area contributed by atoms with Gasteiger partial charge in [0.25, 0.3) is 0 Å². The van der Waals surface area contributed by atoms with Crippen LogP contribution in [0.5, 0.6) is 5.75 Å². The highest BCUT2D eigenvalue weighted by molar-refractivity contribution is 5.70. The summed E-state index contributed by atoms with van der Waals surface area (Å²) in [5.41, 5.74) is 1.20. The van der Waals surface area contributed by atoms with E-state index in [1.165, 1.54) is 5.56 Å². The molecule has 0 amide bonds. The number of ether oxygens (including phenoxy) is 1. The first kappa shape index (κ1) is 14.9. The number of benzene rings is 1. The summed E-state index contributed by atoms with van der Waals surface area (Å²) in [5, 5.41) is 12.5. The SMILES string of the molecule is CCOc1cccc(CNC2CCC(C(=O)O)CC2)c1. The van der Waals surface area contributed by atoms with Crippen LogP contribution in [0.15, 0.2) is 24.3 Å². The van der Waals surface area contributed by atoms with Gasteiger partial charge in [-0.15, -0.1) is 0 Å². The number of carbonyl (C=O) groups is 1. The van der Waals surface area contributed by atoms with Crippen LogP contribution in [-0.2, 0) is 11.3 Å². The summed E-state index contributed by atoms with van der Waals surface area (Å²) in [4.78, 5) is 10.9. The number of carboxylic acid groups (broad SMARTS) is 1. The zero-order chi connectivity index (χ0) is 14.4. The molecule has 1 saturated carbocycles. The molecule has 0 radical (unpaired) electrons. The summed E-state index contributed by atoms with van der Waals surface area (Å²) in [6.45, 7) is 3.46. The summed E-state index contributed by atoms with van der Waals surface area (Å²) in [5.74, 6) is 0.114. The van der Waals surface area contributed by atoms with Crippen LogP contribution in [0.4, 0.5) is 0 Å². The van der Waals surface area contributed by atoms with Crippen molar-refractivity contribution in [3.8, 4) is 5.75 Å². The van der Waals surface area contributed by atoms with Gasteiger partial charge in [-0.3, -0.25) is 4.79 Å². The van der Waals surface area contributed by atoms with E-state index in [-0.39, 0.29) is 5.92 Å². The molecule has 1 aromatic carbocycles. The third-order valence-electron chi connectivity index (χ3n) is 3.88. The van der Waals surface area contributed by atoms with Gasteiger partial charge in [0.1, 0.15) is 5.75 Å². The molecule has 2 rings (SSSR count). The minimum atomic E-state index is -0.645. The number of hydrogen-bond acceptors (Lipinski definition) is 3. The summed E-state index contributed by atoms with van der Waals surface area (Å²) in [6.07, 6.45) is 3.46. The van der Waals surface area contributed by atoms with Crippen LogP contribution in [0.2, 0.25) is 0 Å². The molecule has 20 heavy (non-hydrogen) atoms. The van der Waals surface area contributed by atoms with Crippen LogP contribution in [0, 0.1) is 5.92 Å². The van der Waals surface area contributed by atoms with Crippen molar-refractivity contribution in [1.29, 1.82) is 0 Å². The average molecular weight is 277 g/mol. The molecule has 1 aliphatic rings. The lowest BCUT2D eigenvalue weighted by molar-refractivity contribution is -0.142. The van der Waals surface area contributed by atoms with E-state index in [0.29, 0.717) is 12.6 Å². The zero-order valence-corrected chi connectivity index (χ0v) is 12.0. The number of rotatable bonds is 6. The van der Waals surface area contributed by atoms with Gasteiger partial charge in [0, 0.05) is 12.6 Å². The molecule has 1 aromatic rings. The van der Waals surface area contributed by atoms with Gasteiger partial charge in [0.05, 0.1) is 12.5 Å². The summed E-state index contributed by atoms with van der Waals surface area (Å²) in [6, 6.07) is 8.54. The molecule has 0 heterocycles. The van der Waals surface area contributed by atoms with E-state index in [0.717, 1.165) is 38.0 Å². The molecular weight excluding hydrogens is 254 g/mol. The molecule has 0 unspecified atom stereocenters. The first-order valence-electron chi connectivity index (χ1n) is 7.37. The molecule has 0 bridgehead atoms. The molecule has 0 atom stereocenters. The zero-order valence-electron chi connectivity index (χ0n) is 12.0. The second-order valence-corrected chi connectivity index (χ2v) is 5.35. The van der Waals surface area contributed by atoms with Crippen molar-refractivity contribution in [3.63, 3.8) is 0 Å². The molecule has 0 saturated heterocycles. The Bertz CT molecular complexity index is 439. The Hall–Kier alpha value is -1.55. The second-order valence-electron chi connectivity index (χ2n) is 5.35. The van der Waals surface area contributed by atoms with E-state index >= 15 is 0 Å². The Morgan fingerprint density at radius 2 is 2.10 bits per heavy atom. The van der Waals surface area contributed by atoms with Crippen molar-refractivity contribution < 1.29 is 14.6 Å². The lowest BCUT2D eigenvalue weighted by Gasteiger charge is -2.27. The van der Waals surface area contributed by atoms with Gasteiger partial charge in [0.15, 0.2) is 0 Å². The van der Waals surface area contributed by atoms with Gasteiger partial charge >= 0.3 is 5.97 Å². The fraction of sp³-hybridized carbons (Fsp3) is 0.562. The van der Waals surface area contributed by atoms with Gasteiger partial charge in [-0.05, 0) is 50.3 Å². The normalized spacial score (nSPS) is 22.4. The fourth-order valence-electron chi connectivity index (χ4n) is 2.72. The van der Waals surface area contributed by atoms with Crippen LogP contribution in [0.3, 0.4) is 0 Å². The smallest absolute Gasteiger partial charge is 0.306 e. The van der Waals surface area contributed by atoms with Crippen molar-refractivity contribution in [2.75, 3.05) is 6.61 Å². The molecule has 0 aromatic heterocycles. The Morgan fingerprint density at radius 1 is 1.35 bits per heavy atom. The van der Waals surface area contributed by atoms with Crippen molar-refractivity contribution in [1.82, 2.24) is 5.32 Å². The largest absolute Gasteiger partial charge is 0.494 e. The predicted octanol–water partition coefficient (Wildman–Crippen LogP) is 2.82. The van der Waals surface area contributed by atoms with Gasteiger partial charge in [-0.25, -0.2) is 0 Å². The maximum absolute atomic E-state index is 10.9. The maximum Gasteiger partial charge on any atom is 0.306 e. The predicted molar refractivity (Wildman–Crippen MR) is 77.8 cm³/mol. The monoisotopic (exact) mass is 277 g/mol. The molecule has 0 aliphatic heterocycles. The van der Waals surface area contributed by atoms with E-state index in [1.807, 2.05) is 19.1 Å². The maximum atomic E-state index is 10.9. The number of aliphatic carboxylic acids is 1.